The molecule has 0 heterocycles. The lowest BCUT2D eigenvalue weighted by molar-refractivity contribution is 0.430. The lowest BCUT2D eigenvalue weighted by Crippen LogP contribution is -1.95. The van der Waals surface area contributed by atoms with Gasteiger partial charge < -0.3 is 0 Å². The Morgan fingerprint density at radius 2 is 0.581 bits per heavy atom. The van der Waals surface area contributed by atoms with Gasteiger partial charge in [0, 0.05) is 0 Å². The molecule has 0 rings (SSSR count). The van der Waals surface area contributed by atoms with Crippen LogP contribution in [0.2, 0.25) is 0 Å². The molecule has 0 N–H and O–H groups in total. The third kappa shape index (κ3) is 28.0. The maximum absolute atomic E-state index is 2.49. The quantitative estimate of drug-likeness (QED) is 0.118. The number of hydrogen-bond acceptors (Lipinski definition) is 0. The fourth-order valence-corrected chi connectivity index (χ4v) is 4.94. The standard InChI is InChI=1S/C31H64/c1-5-6-7-8-9-19-22-25-28-31(4)29-26-23-20-17-15-13-11-10-12-14-16-18-21-24-27-30(2)3/h30-31H,5-29H2,1-4H3. The molecule has 1 unspecified atom stereocenters. The molecule has 0 nitrogen and oxygen atoms in total. The highest BCUT2D eigenvalue weighted by Crippen LogP contribution is 2.19. The minimum Gasteiger partial charge on any atom is -0.0654 e. The smallest absolute Gasteiger partial charge is 0.0443 e. The SMILES string of the molecule is CCCCCCCCCCC(C)CCCCCCCCCCCCCCCCC(C)C. The lowest BCUT2D eigenvalue weighted by Gasteiger charge is -2.11. The molecule has 0 aromatic rings. The second-order valence-electron chi connectivity index (χ2n) is 11.3. The van der Waals surface area contributed by atoms with Gasteiger partial charge in [-0.1, -0.05) is 188 Å². The van der Waals surface area contributed by atoms with E-state index in [2.05, 4.69) is 27.7 Å². The molecule has 0 bridgehead atoms. The van der Waals surface area contributed by atoms with Gasteiger partial charge in [-0.15, -0.1) is 0 Å². The maximum Gasteiger partial charge on any atom is -0.0443 e. The molecule has 0 heteroatoms. The van der Waals surface area contributed by atoms with Crippen LogP contribution in [0.1, 0.15) is 188 Å². The van der Waals surface area contributed by atoms with E-state index in [9.17, 15) is 0 Å². The first-order chi connectivity index (χ1) is 15.2. The predicted octanol–water partition coefficient (Wildman–Crippen LogP) is 12.1. The van der Waals surface area contributed by atoms with Crippen molar-refractivity contribution in [3.63, 3.8) is 0 Å². The highest BCUT2D eigenvalue weighted by molar-refractivity contribution is 4.56. The zero-order valence-corrected chi connectivity index (χ0v) is 22.8. The first kappa shape index (κ1) is 31.0. The minimum atomic E-state index is 0.896. The van der Waals surface area contributed by atoms with Crippen molar-refractivity contribution in [3.05, 3.63) is 0 Å². The monoisotopic (exact) mass is 437 g/mol. The average Bonchev–Trinajstić information content (AvgIpc) is 2.75. The van der Waals surface area contributed by atoms with Crippen LogP contribution in [0.5, 0.6) is 0 Å². The summed E-state index contributed by atoms with van der Waals surface area (Å²) in [6.45, 7) is 9.49. The van der Waals surface area contributed by atoms with Gasteiger partial charge in [-0.25, -0.2) is 0 Å². The molecule has 0 aromatic carbocycles. The Hall–Kier alpha value is 0. The molecule has 0 radical (unpaired) electrons. The lowest BCUT2D eigenvalue weighted by atomic mass is 9.95. The molecular formula is C31H64. The Morgan fingerprint density at radius 1 is 0.323 bits per heavy atom. The highest BCUT2D eigenvalue weighted by atomic mass is 14.1. The van der Waals surface area contributed by atoms with Crippen molar-refractivity contribution in [1.82, 2.24) is 0 Å². The van der Waals surface area contributed by atoms with E-state index in [0.717, 1.165) is 11.8 Å². The Morgan fingerprint density at radius 3 is 0.871 bits per heavy atom. The summed E-state index contributed by atoms with van der Waals surface area (Å²) in [6, 6.07) is 0. The van der Waals surface area contributed by atoms with E-state index in [1.807, 2.05) is 0 Å². The minimum absolute atomic E-state index is 0.896. The molecule has 0 saturated heterocycles. The summed E-state index contributed by atoms with van der Waals surface area (Å²) in [5.41, 5.74) is 0. The molecule has 0 aliphatic carbocycles. The van der Waals surface area contributed by atoms with Crippen LogP contribution in [-0.4, -0.2) is 0 Å². The first-order valence-corrected chi connectivity index (χ1v) is 15.2. The summed E-state index contributed by atoms with van der Waals surface area (Å²) >= 11 is 0. The van der Waals surface area contributed by atoms with Gasteiger partial charge >= 0.3 is 0 Å². The van der Waals surface area contributed by atoms with Gasteiger partial charge in [-0.3, -0.25) is 0 Å². The van der Waals surface area contributed by atoms with Crippen molar-refractivity contribution < 1.29 is 0 Å². The molecule has 31 heavy (non-hydrogen) atoms. The summed E-state index contributed by atoms with van der Waals surface area (Å²) in [7, 11) is 0. The zero-order chi connectivity index (χ0) is 22.8. The normalized spacial score (nSPS) is 12.7. The third-order valence-electron chi connectivity index (χ3n) is 7.28. The van der Waals surface area contributed by atoms with Crippen LogP contribution in [0.25, 0.3) is 0 Å². The largest absolute Gasteiger partial charge is 0.0654 e. The number of unbranched alkanes of at least 4 members (excludes halogenated alkanes) is 20. The van der Waals surface area contributed by atoms with Crippen LogP contribution in [0.15, 0.2) is 0 Å². The van der Waals surface area contributed by atoms with E-state index in [1.54, 1.807) is 0 Å². The summed E-state index contributed by atoms with van der Waals surface area (Å²) in [6.07, 6.45) is 36.8. The van der Waals surface area contributed by atoms with Gasteiger partial charge in [0.2, 0.25) is 0 Å². The molecular weight excluding hydrogens is 372 g/mol. The van der Waals surface area contributed by atoms with Gasteiger partial charge in [0.1, 0.15) is 0 Å². The molecule has 0 amide bonds. The fraction of sp³-hybridized carbons (Fsp3) is 1.00. The summed E-state index contributed by atoms with van der Waals surface area (Å²) < 4.78 is 0. The molecule has 0 aromatic heterocycles. The van der Waals surface area contributed by atoms with E-state index in [1.165, 1.54) is 161 Å². The summed E-state index contributed by atoms with van der Waals surface area (Å²) in [5, 5.41) is 0. The molecule has 0 aliphatic rings. The zero-order valence-electron chi connectivity index (χ0n) is 22.8. The first-order valence-electron chi connectivity index (χ1n) is 15.2. The summed E-state index contributed by atoms with van der Waals surface area (Å²) in [5.74, 6) is 1.86. The van der Waals surface area contributed by atoms with E-state index in [-0.39, 0.29) is 0 Å². The Bertz CT molecular complexity index is 305. The van der Waals surface area contributed by atoms with Crippen molar-refractivity contribution in [1.29, 1.82) is 0 Å². The average molecular weight is 437 g/mol. The molecule has 188 valence electrons. The van der Waals surface area contributed by atoms with Crippen molar-refractivity contribution in [2.45, 2.75) is 188 Å². The maximum atomic E-state index is 2.49. The van der Waals surface area contributed by atoms with Gasteiger partial charge in [0.15, 0.2) is 0 Å². The van der Waals surface area contributed by atoms with Crippen molar-refractivity contribution in [2.24, 2.45) is 11.8 Å². The van der Waals surface area contributed by atoms with Crippen LogP contribution in [0.4, 0.5) is 0 Å². The fourth-order valence-electron chi connectivity index (χ4n) is 4.94. The number of rotatable bonds is 26. The van der Waals surface area contributed by atoms with Gasteiger partial charge in [-0.2, -0.15) is 0 Å². The molecule has 0 spiro atoms. The number of hydrogen-bond donors (Lipinski definition) is 0. The predicted molar refractivity (Wildman–Crippen MR) is 145 cm³/mol. The van der Waals surface area contributed by atoms with Crippen molar-refractivity contribution in [3.8, 4) is 0 Å². The van der Waals surface area contributed by atoms with E-state index >= 15 is 0 Å². The molecule has 0 fully saturated rings. The second-order valence-corrected chi connectivity index (χ2v) is 11.3. The van der Waals surface area contributed by atoms with E-state index in [4.69, 9.17) is 0 Å². The van der Waals surface area contributed by atoms with Crippen LogP contribution < -0.4 is 0 Å². The van der Waals surface area contributed by atoms with Crippen molar-refractivity contribution in [2.75, 3.05) is 0 Å². The highest BCUT2D eigenvalue weighted by Gasteiger charge is 2.02. The Kier molecular flexibility index (Phi) is 26.3. The topological polar surface area (TPSA) is 0 Å². The van der Waals surface area contributed by atoms with Crippen LogP contribution in [0.3, 0.4) is 0 Å². The van der Waals surface area contributed by atoms with Crippen molar-refractivity contribution >= 4 is 0 Å². The Labute approximate surface area is 200 Å². The molecule has 0 saturated carbocycles. The van der Waals surface area contributed by atoms with Gasteiger partial charge in [0.05, 0.1) is 0 Å². The molecule has 0 aliphatic heterocycles. The van der Waals surface area contributed by atoms with E-state index in [0.29, 0.717) is 0 Å². The summed E-state index contributed by atoms with van der Waals surface area (Å²) in [4.78, 5) is 0. The Balaban J connectivity index is 3.12. The second kappa shape index (κ2) is 26.3. The van der Waals surface area contributed by atoms with E-state index < -0.39 is 0 Å². The van der Waals surface area contributed by atoms with Crippen LogP contribution in [-0.2, 0) is 0 Å². The van der Waals surface area contributed by atoms with Crippen LogP contribution in [0, 0.1) is 11.8 Å². The third-order valence-corrected chi connectivity index (χ3v) is 7.28. The molecule has 1 atom stereocenters. The van der Waals surface area contributed by atoms with Crippen LogP contribution >= 0.6 is 0 Å². The van der Waals surface area contributed by atoms with Gasteiger partial charge in [0.25, 0.3) is 0 Å². The van der Waals surface area contributed by atoms with Gasteiger partial charge in [-0.05, 0) is 11.8 Å².